The second-order valence-electron chi connectivity index (χ2n) is 8.78. The molecule has 2 heterocycles. The highest BCUT2D eigenvalue weighted by Gasteiger charge is 2.29. The molecule has 3 rings (SSSR count). The Morgan fingerprint density at radius 3 is 2.14 bits per heavy atom. The van der Waals surface area contributed by atoms with Crippen LogP contribution in [0.2, 0.25) is 0 Å². The van der Waals surface area contributed by atoms with Gasteiger partial charge in [0.2, 0.25) is 5.88 Å². The molecule has 1 aliphatic rings. The van der Waals surface area contributed by atoms with Gasteiger partial charge in [0, 0.05) is 5.41 Å². The van der Waals surface area contributed by atoms with E-state index in [1.165, 1.54) is 16.7 Å². The van der Waals surface area contributed by atoms with Crippen LogP contribution in [0.15, 0.2) is 29.3 Å². The fourth-order valence-electron chi connectivity index (χ4n) is 3.83. The highest BCUT2D eigenvalue weighted by molar-refractivity contribution is 5.75. The summed E-state index contributed by atoms with van der Waals surface area (Å²) in [7, 11) is 0. The van der Waals surface area contributed by atoms with E-state index in [9.17, 15) is 4.79 Å². The van der Waals surface area contributed by atoms with Gasteiger partial charge in [0.25, 0.3) is 5.56 Å². The Morgan fingerprint density at radius 2 is 1.62 bits per heavy atom. The van der Waals surface area contributed by atoms with Gasteiger partial charge in [-0.3, -0.25) is 4.79 Å². The highest BCUT2D eigenvalue weighted by Crippen LogP contribution is 2.37. The first kappa shape index (κ1) is 21.4. The largest absolute Gasteiger partial charge is 0.443 e. The SMILES string of the molecule is C=C(Oc1c(-c2c(CC)cc(C)cc2CC)c(=O)n2n1CCOCC2)C(C)(C)C. The minimum atomic E-state index is -0.231. The number of ether oxygens (including phenoxy) is 2. The van der Waals surface area contributed by atoms with E-state index in [1.807, 2.05) is 4.68 Å². The number of benzene rings is 1. The Hall–Kier alpha value is -2.27. The lowest BCUT2D eigenvalue weighted by molar-refractivity contribution is 0.136. The van der Waals surface area contributed by atoms with Crippen LogP contribution < -0.4 is 10.3 Å². The van der Waals surface area contributed by atoms with Crippen LogP contribution >= 0.6 is 0 Å². The van der Waals surface area contributed by atoms with Crippen molar-refractivity contribution < 1.29 is 9.47 Å². The normalized spacial score (nSPS) is 14.4. The van der Waals surface area contributed by atoms with Gasteiger partial charge in [0.05, 0.1) is 26.3 Å². The van der Waals surface area contributed by atoms with Gasteiger partial charge in [-0.2, -0.15) is 0 Å². The maximum absolute atomic E-state index is 13.6. The minimum absolute atomic E-state index is 0.0135. The van der Waals surface area contributed by atoms with E-state index < -0.39 is 0 Å². The number of nitrogens with zero attached hydrogens (tertiary/aromatic N) is 2. The summed E-state index contributed by atoms with van der Waals surface area (Å²) in [6, 6.07) is 4.37. The van der Waals surface area contributed by atoms with Gasteiger partial charge in [0.1, 0.15) is 11.3 Å². The molecule has 0 amide bonds. The average Bonchev–Trinajstić information content (AvgIpc) is 2.82. The second kappa shape index (κ2) is 8.23. The monoisotopic (exact) mass is 398 g/mol. The number of aromatic nitrogens is 2. The molecule has 0 spiro atoms. The van der Waals surface area contributed by atoms with Crippen molar-refractivity contribution in [3.63, 3.8) is 0 Å². The third-order valence-electron chi connectivity index (χ3n) is 5.60. The molecule has 5 heteroatoms. The van der Waals surface area contributed by atoms with Crippen molar-refractivity contribution in [2.75, 3.05) is 13.2 Å². The molecule has 0 N–H and O–H groups in total. The molecule has 0 saturated carbocycles. The summed E-state index contributed by atoms with van der Waals surface area (Å²) >= 11 is 0. The van der Waals surface area contributed by atoms with Crippen LogP contribution in [0.4, 0.5) is 0 Å². The zero-order valence-corrected chi connectivity index (χ0v) is 18.7. The number of fused-ring (bicyclic) bond motifs is 1. The molecule has 1 aromatic heterocycles. The minimum Gasteiger partial charge on any atom is -0.443 e. The summed E-state index contributed by atoms with van der Waals surface area (Å²) in [6.45, 7) is 18.9. The first-order valence-electron chi connectivity index (χ1n) is 10.6. The Kier molecular flexibility index (Phi) is 6.08. The van der Waals surface area contributed by atoms with Crippen LogP contribution in [0, 0.1) is 12.3 Å². The summed E-state index contributed by atoms with van der Waals surface area (Å²) in [5.74, 6) is 1.24. The smallest absolute Gasteiger partial charge is 0.278 e. The third-order valence-corrected chi connectivity index (χ3v) is 5.60. The number of allylic oxidation sites excluding steroid dienone is 1. The zero-order valence-electron chi connectivity index (χ0n) is 18.7. The lowest BCUT2D eigenvalue weighted by atomic mass is 9.91. The molecule has 0 fully saturated rings. The summed E-state index contributed by atoms with van der Waals surface area (Å²) in [5, 5.41) is 0. The lowest BCUT2D eigenvalue weighted by Gasteiger charge is -2.23. The van der Waals surface area contributed by atoms with E-state index >= 15 is 0 Å². The molecule has 0 radical (unpaired) electrons. The Balaban J connectivity index is 2.33. The van der Waals surface area contributed by atoms with Crippen LogP contribution in [0.25, 0.3) is 11.1 Å². The molecule has 0 aliphatic carbocycles. The van der Waals surface area contributed by atoms with Crippen molar-refractivity contribution in [2.45, 2.75) is 67.5 Å². The molecule has 0 bridgehead atoms. The van der Waals surface area contributed by atoms with Gasteiger partial charge >= 0.3 is 0 Å². The predicted octanol–water partition coefficient (Wildman–Crippen LogP) is 4.72. The van der Waals surface area contributed by atoms with Gasteiger partial charge in [-0.05, 0) is 36.5 Å². The molecule has 0 atom stereocenters. The Morgan fingerprint density at radius 1 is 1.07 bits per heavy atom. The van der Waals surface area contributed by atoms with E-state index in [2.05, 4.69) is 60.3 Å². The summed E-state index contributed by atoms with van der Waals surface area (Å²) in [4.78, 5) is 13.6. The van der Waals surface area contributed by atoms with E-state index in [0.29, 0.717) is 43.5 Å². The summed E-state index contributed by atoms with van der Waals surface area (Å²) in [5.41, 5.74) is 5.03. The van der Waals surface area contributed by atoms with Crippen LogP contribution in [0.3, 0.4) is 0 Å². The van der Waals surface area contributed by atoms with Gasteiger partial charge in [-0.25, -0.2) is 9.36 Å². The molecule has 0 saturated heterocycles. The molecule has 158 valence electrons. The maximum Gasteiger partial charge on any atom is 0.278 e. The van der Waals surface area contributed by atoms with E-state index in [1.54, 1.807) is 4.68 Å². The number of aryl methyl sites for hydroxylation is 3. The van der Waals surface area contributed by atoms with Gasteiger partial charge in [-0.15, -0.1) is 0 Å². The molecular weight excluding hydrogens is 364 g/mol. The Bertz CT molecular complexity index is 948. The van der Waals surface area contributed by atoms with Crippen molar-refractivity contribution in [1.82, 2.24) is 9.36 Å². The molecule has 0 unspecified atom stereocenters. The predicted molar refractivity (Wildman–Crippen MR) is 118 cm³/mol. The number of hydrogen-bond donors (Lipinski definition) is 0. The van der Waals surface area contributed by atoms with Crippen molar-refractivity contribution in [3.8, 4) is 17.0 Å². The van der Waals surface area contributed by atoms with Crippen LogP contribution in [-0.4, -0.2) is 22.6 Å². The van der Waals surface area contributed by atoms with Crippen molar-refractivity contribution in [3.05, 3.63) is 51.5 Å². The Labute approximate surface area is 173 Å². The average molecular weight is 399 g/mol. The molecular formula is C24H34N2O3. The molecule has 5 nitrogen and oxygen atoms in total. The topological polar surface area (TPSA) is 45.4 Å². The van der Waals surface area contributed by atoms with Crippen molar-refractivity contribution in [2.24, 2.45) is 5.41 Å². The first-order chi connectivity index (χ1) is 13.7. The summed E-state index contributed by atoms with van der Waals surface area (Å²) in [6.07, 6.45) is 1.72. The molecule has 2 aromatic rings. The number of rotatable bonds is 5. The molecule has 1 aliphatic heterocycles. The van der Waals surface area contributed by atoms with Crippen LogP contribution in [0.5, 0.6) is 5.88 Å². The second-order valence-corrected chi connectivity index (χ2v) is 8.78. The fourth-order valence-corrected chi connectivity index (χ4v) is 3.83. The van der Waals surface area contributed by atoms with Gasteiger partial charge in [-0.1, -0.05) is 58.9 Å². The van der Waals surface area contributed by atoms with E-state index in [0.717, 1.165) is 18.4 Å². The van der Waals surface area contributed by atoms with Gasteiger partial charge < -0.3 is 9.47 Å². The maximum atomic E-state index is 13.6. The third kappa shape index (κ3) is 4.06. The lowest BCUT2D eigenvalue weighted by Crippen LogP contribution is -2.24. The van der Waals surface area contributed by atoms with E-state index in [4.69, 9.17) is 9.47 Å². The quantitative estimate of drug-likeness (QED) is 0.685. The van der Waals surface area contributed by atoms with Gasteiger partial charge in [0.15, 0.2) is 0 Å². The zero-order chi connectivity index (χ0) is 21.3. The van der Waals surface area contributed by atoms with Crippen LogP contribution in [-0.2, 0) is 30.7 Å². The highest BCUT2D eigenvalue weighted by atomic mass is 16.5. The molecule has 29 heavy (non-hydrogen) atoms. The van der Waals surface area contributed by atoms with Crippen molar-refractivity contribution in [1.29, 1.82) is 0 Å². The molecule has 1 aromatic carbocycles. The fraction of sp³-hybridized carbons (Fsp3) is 0.542. The first-order valence-corrected chi connectivity index (χ1v) is 10.6. The standard InChI is InChI=1S/C24H34N2O3/c1-8-18-14-16(3)15-19(9-2)20(18)21-22(27)25-10-12-28-13-11-26(25)23(21)29-17(4)24(5,6)7/h14-15H,4,8-13H2,1-3,5-7H3. The van der Waals surface area contributed by atoms with Crippen molar-refractivity contribution >= 4 is 0 Å². The number of hydrogen-bond acceptors (Lipinski definition) is 3. The van der Waals surface area contributed by atoms with E-state index in [-0.39, 0.29) is 11.0 Å². The van der Waals surface area contributed by atoms with Crippen LogP contribution in [0.1, 0.15) is 51.3 Å². The summed E-state index contributed by atoms with van der Waals surface area (Å²) < 4.78 is 15.7.